The molecule has 90 valence electrons. The van der Waals surface area contributed by atoms with E-state index in [4.69, 9.17) is 15.8 Å². The minimum atomic E-state index is -3.94. The molecular formula is C10H6ClFO3S2. The summed E-state index contributed by atoms with van der Waals surface area (Å²) in [6.45, 7) is 0. The third kappa shape index (κ3) is 2.96. The zero-order chi connectivity index (χ0) is 12.5. The predicted octanol–water partition coefficient (Wildman–Crippen LogP) is 3.31. The van der Waals surface area contributed by atoms with Gasteiger partial charge in [0.1, 0.15) is 11.6 Å². The van der Waals surface area contributed by atoms with Crippen molar-refractivity contribution in [3.63, 3.8) is 0 Å². The van der Waals surface area contributed by atoms with Gasteiger partial charge in [0.25, 0.3) is 0 Å². The quantitative estimate of drug-likeness (QED) is 0.815. The lowest BCUT2D eigenvalue weighted by Gasteiger charge is -2.04. The van der Waals surface area contributed by atoms with Crippen molar-refractivity contribution in [3.05, 3.63) is 46.6 Å². The Morgan fingerprint density at radius 2 is 2.00 bits per heavy atom. The fourth-order valence-electron chi connectivity index (χ4n) is 1.12. The molecule has 0 fully saturated rings. The SMILES string of the molecule is O=S(=O)(Oc1cccc(F)c1)c1ccc(Cl)s1. The summed E-state index contributed by atoms with van der Waals surface area (Å²) in [5, 5.41) is 0. The zero-order valence-corrected chi connectivity index (χ0v) is 10.7. The van der Waals surface area contributed by atoms with E-state index in [1.807, 2.05) is 0 Å². The maximum absolute atomic E-state index is 12.9. The van der Waals surface area contributed by atoms with Crippen molar-refractivity contribution in [1.29, 1.82) is 0 Å². The van der Waals surface area contributed by atoms with Crippen LogP contribution in [-0.4, -0.2) is 8.42 Å². The van der Waals surface area contributed by atoms with Crippen LogP contribution in [-0.2, 0) is 10.1 Å². The smallest absolute Gasteiger partial charge is 0.348 e. The van der Waals surface area contributed by atoms with Gasteiger partial charge in [-0.2, -0.15) is 8.42 Å². The lowest BCUT2D eigenvalue weighted by molar-refractivity contribution is 0.485. The number of rotatable bonds is 3. The molecule has 1 aromatic heterocycles. The topological polar surface area (TPSA) is 43.4 Å². The second-order valence-electron chi connectivity index (χ2n) is 3.05. The molecule has 0 bridgehead atoms. The monoisotopic (exact) mass is 292 g/mol. The largest absolute Gasteiger partial charge is 0.378 e. The standard InChI is InChI=1S/C10H6ClFO3S2/c11-9-4-5-10(16-9)17(13,14)15-8-3-1-2-7(12)6-8/h1-6H. The molecule has 1 heterocycles. The van der Waals surface area contributed by atoms with Crippen molar-refractivity contribution in [2.24, 2.45) is 0 Å². The van der Waals surface area contributed by atoms with Crippen molar-refractivity contribution >= 4 is 33.1 Å². The van der Waals surface area contributed by atoms with Gasteiger partial charge in [-0.3, -0.25) is 0 Å². The van der Waals surface area contributed by atoms with E-state index in [9.17, 15) is 12.8 Å². The fourth-order valence-corrected chi connectivity index (χ4v) is 3.49. The maximum atomic E-state index is 12.9. The highest BCUT2D eigenvalue weighted by atomic mass is 35.5. The first-order valence-electron chi connectivity index (χ1n) is 4.43. The van der Waals surface area contributed by atoms with Gasteiger partial charge in [0.15, 0.2) is 4.21 Å². The summed E-state index contributed by atoms with van der Waals surface area (Å²) in [6.07, 6.45) is 0. The summed E-state index contributed by atoms with van der Waals surface area (Å²) in [7, 11) is -3.94. The summed E-state index contributed by atoms with van der Waals surface area (Å²) in [5.74, 6) is -0.642. The van der Waals surface area contributed by atoms with Crippen LogP contribution in [0.15, 0.2) is 40.6 Å². The Hall–Kier alpha value is -1.11. The number of hydrogen-bond acceptors (Lipinski definition) is 4. The van der Waals surface area contributed by atoms with Gasteiger partial charge in [0, 0.05) is 6.07 Å². The summed E-state index contributed by atoms with van der Waals surface area (Å²) >= 11 is 6.51. The third-order valence-electron chi connectivity index (χ3n) is 1.80. The third-order valence-corrected chi connectivity index (χ3v) is 4.73. The predicted molar refractivity (Wildman–Crippen MR) is 63.5 cm³/mol. The van der Waals surface area contributed by atoms with Gasteiger partial charge in [0.05, 0.1) is 4.34 Å². The highest BCUT2D eigenvalue weighted by Gasteiger charge is 2.19. The van der Waals surface area contributed by atoms with Crippen LogP contribution in [0.3, 0.4) is 0 Å². The van der Waals surface area contributed by atoms with Crippen molar-refractivity contribution < 1.29 is 17.0 Å². The molecule has 0 N–H and O–H groups in total. The Balaban J connectivity index is 2.29. The second kappa shape index (κ2) is 4.64. The van der Waals surface area contributed by atoms with Crippen molar-refractivity contribution in [1.82, 2.24) is 0 Å². The van der Waals surface area contributed by atoms with Crippen LogP contribution >= 0.6 is 22.9 Å². The molecule has 3 nitrogen and oxygen atoms in total. The van der Waals surface area contributed by atoms with Crippen LogP contribution in [0.25, 0.3) is 0 Å². The van der Waals surface area contributed by atoms with E-state index < -0.39 is 15.9 Å². The van der Waals surface area contributed by atoms with Crippen molar-refractivity contribution in [2.75, 3.05) is 0 Å². The molecule has 2 rings (SSSR count). The normalized spacial score (nSPS) is 11.4. The van der Waals surface area contributed by atoms with E-state index in [0.29, 0.717) is 4.34 Å². The van der Waals surface area contributed by atoms with Gasteiger partial charge in [0.2, 0.25) is 0 Å². The molecule has 17 heavy (non-hydrogen) atoms. The number of benzene rings is 1. The summed E-state index contributed by atoms with van der Waals surface area (Å²) < 4.78 is 41.4. The van der Waals surface area contributed by atoms with Gasteiger partial charge >= 0.3 is 10.1 Å². The fraction of sp³-hybridized carbons (Fsp3) is 0. The molecule has 2 aromatic rings. The molecule has 0 aliphatic carbocycles. The molecule has 0 amide bonds. The highest BCUT2D eigenvalue weighted by molar-refractivity contribution is 7.89. The first kappa shape index (κ1) is 12.3. The first-order chi connectivity index (χ1) is 7.97. The van der Waals surface area contributed by atoms with E-state index in [1.165, 1.54) is 30.3 Å². The molecule has 0 unspecified atom stereocenters. The summed E-state index contributed by atoms with van der Waals surface area (Å²) in [6, 6.07) is 7.70. The zero-order valence-electron chi connectivity index (χ0n) is 8.26. The van der Waals surface area contributed by atoms with Crippen LogP contribution in [0.2, 0.25) is 4.34 Å². The van der Waals surface area contributed by atoms with Crippen LogP contribution in [0, 0.1) is 5.82 Å². The molecule has 0 radical (unpaired) electrons. The second-order valence-corrected chi connectivity index (χ2v) is 6.54. The van der Waals surface area contributed by atoms with Gasteiger partial charge in [-0.1, -0.05) is 17.7 Å². The van der Waals surface area contributed by atoms with Gasteiger partial charge in [-0.25, -0.2) is 4.39 Å². The summed E-state index contributed by atoms with van der Waals surface area (Å²) in [5.41, 5.74) is 0. The molecular weight excluding hydrogens is 287 g/mol. The van der Waals surface area contributed by atoms with Crippen LogP contribution in [0.1, 0.15) is 0 Å². The number of halogens is 2. The molecule has 1 aromatic carbocycles. The molecule has 0 aliphatic rings. The Bertz CT molecular complexity index is 637. The maximum Gasteiger partial charge on any atom is 0.348 e. The first-order valence-corrected chi connectivity index (χ1v) is 7.03. The lowest BCUT2D eigenvalue weighted by Crippen LogP contribution is -2.07. The molecule has 0 saturated carbocycles. The van der Waals surface area contributed by atoms with E-state index in [2.05, 4.69) is 0 Å². The highest BCUT2D eigenvalue weighted by Crippen LogP contribution is 2.28. The van der Waals surface area contributed by atoms with Gasteiger partial charge < -0.3 is 4.18 Å². The average molecular weight is 293 g/mol. The average Bonchev–Trinajstić information content (AvgIpc) is 2.65. The van der Waals surface area contributed by atoms with Gasteiger partial charge in [-0.05, 0) is 24.3 Å². The summed E-state index contributed by atoms with van der Waals surface area (Å²) in [4.78, 5) is 0. The molecule has 0 atom stereocenters. The van der Waals surface area contributed by atoms with Crippen molar-refractivity contribution in [2.45, 2.75) is 4.21 Å². The van der Waals surface area contributed by atoms with Crippen LogP contribution < -0.4 is 4.18 Å². The van der Waals surface area contributed by atoms with E-state index in [1.54, 1.807) is 0 Å². The lowest BCUT2D eigenvalue weighted by atomic mass is 10.3. The minimum absolute atomic E-state index is 0.0215. The van der Waals surface area contributed by atoms with Crippen LogP contribution in [0.5, 0.6) is 5.75 Å². The van der Waals surface area contributed by atoms with E-state index >= 15 is 0 Å². The van der Waals surface area contributed by atoms with E-state index in [0.717, 1.165) is 17.4 Å². The minimum Gasteiger partial charge on any atom is -0.378 e. The van der Waals surface area contributed by atoms with E-state index in [-0.39, 0.29) is 9.96 Å². The molecule has 7 heteroatoms. The Labute approximate surface area is 107 Å². The Morgan fingerprint density at radius 1 is 1.24 bits per heavy atom. The Kier molecular flexibility index (Phi) is 3.37. The molecule has 0 saturated heterocycles. The van der Waals surface area contributed by atoms with Gasteiger partial charge in [-0.15, -0.1) is 11.3 Å². The number of hydrogen-bond donors (Lipinski definition) is 0. The molecule has 0 aliphatic heterocycles. The van der Waals surface area contributed by atoms with Crippen LogP contribution in [0.4, 0.5) is 4.39 Å². The van der Waals surface area contributed by atoms with Crippen molar-refractivity contribution in [3.8, 4) is 5.75 Å². The molecule has 0 spiro atoms. The Morgan fingerprint density at radius 3 is 2.59 bits per heavy atom. The number of thiophene rings is 1.